The molecule has 23 heteroatoms. The van der Waals surface area contributed by atoms with Crippen molar-refractivity contribution in [3.05, 3.63) is 159 Å². The van der Waals surface area contributed by atoms with Crippen LogP contribution in [0.25, 0.3) is 94.2 Å². The highest BCUT2D eigenvalue weighted by atomic mass is 32.1. The van der Waals surface area contributed by atoms with Crippen LogP contribution in [-0.2, 0) is 10.8 Å². The second kappa shape index (κ2) is 20.9. The molecule has 7 aromatic heterocycles. The second-order valence-corrected chi connectivity index (χ2v) is 29.3. The third kappa shape index (κ3) is 8.22. The number of ketones is 2. The fourth-order valence-electron chi connectivity index (χ4n) is 12.5. The Hall–Kier alpha value is -10.9. The Morgan fingerprint density at radius 3 is 1.09 bits per heavy atom. The van der Waals surface area contributed by atoms with E-state index in [1.165, 1.54) is 46.9 Å². The number of aromatic nitrogens is 2. The zero-order valence-electron chi connectivity index (χ0n) is 48.0. The summed E-state index contributed by atoms with van der Waals surface area (Å²) in [6.45, 7) is 8.75. The quantitative estimate of drug-likeness (QED) is 0.0811. The van der Waals surface area contributed by atoms with E-state index in [0.717, 1.165) is 82.8 Å². The van der Waals surface area contributed by atoms with Gasteiger partial charge in [0.25, 0.3) is 0 Å². The van der Waals surface area contributed by atoms with Crippen molar-refractivity contribution in [2.45, 2.75) is 38.5 Å². The number of nitriles is 8. The van der Waals surface area contributed by atoms with Crippen molar-refractivity contribution in [2.24, 2.45) is 0 Å². The number of nitrogens with two attached hydrogens (primary N) is 2. The van der Waals surface area contributed by atoms with E-state index in [1.807, 2.05) is 60.7 Å². The van der Waals surface area contributed by atoms with Gasteiger partial charge in [-0.3, -0.25) is 9.59 Å². The van der Waals surface area contributed by atoms with Crippen LogP contribution >= 0.6 is 79.7 Å². The molecule has 91 heavy (non-hydrogen) atoms. The first-order chi connectivity index (χ1) is 43.8. The Kier molecular flexibility index (Phi) is 13.3. The molecule has 10 aromatic rings. The standard InChI is InChI=1S/C68H34N12O4S7/c1-67(2)41-15-47(87-61(41)63-43(67)17-49(89-63)65-45(83-5)13-33(85-65)11-39-51(31(23-73)24-74)35-7-27(19-69)29(21-71)9-37(35)59(39)81)53-55(77)56(78)54(58-57(53)79-91-80-58)48-16-42-62(88-48)64-44(68(42,3)4)18-50(90-64)66-46(84-6)14-34(86-66)12-40-52(32(25-75)26-76)36-8-28(20-70)30(22-72)10-38(36)60(40)82/h7-18H,77-78H2,1-6H3/b39-11-,40-12-. The second-order valence-electron chi connectivity index (χ2n) is 22.4. The number of allylic oxidation sites excluding steroid dienone is 6. The minimum Gasteiger partial charge on any atom is -0.495 e. The molecular formula is C68H34N12O4S7. The summed E-state index contributed by atoms with van der Waals surface area (Å²) in [5.74, 6) is 0.170. The molecule has 16 nitrogen and oxygen atoms in total. The fourth-order valence-corrected chi connectivity index (χ4v) is 21.1. The molecule has 0 amide bonds. The van der Waals surface area contributed by atoms with Gasteiger partial charge in [0.1, 0.15) is 82.2 Å². The average Bonchev–Trinajstić information content (AvgIpc) is 1.57. The van der Waals surface area contributed by atoms with Crippen LogP contribution in [0.3, 0.4) is 0 Å². The predicted octanol–water partition coefficient (Wildman–Crippen LogP) is 16.2. The molecule has 4 N–H and O–H groups in total. The number of Topliss-reactive ketones (excluding diaryl/α,β-unsaturated/α-hetero) is 2. The maximum Gasteiger partial charge on any atom is 0.194 e. The lowest BCUT2D eigenvalue weighted by molar-refractivity contribution is 0.103. The van der Waals surface area contributed by atoms with E-state index in [0.29, 0.717) is 54.8 Å². The fraction of sp³-hybridized carbons (Fsp3) is 0.118. The van der Waals surface area contributed by atoms with Crippen molar-refractivity contribution in [3.63, 3.8) is 0 Å². The molecule has 0 radical (unpaired) electrons. The third-order valence-electron chi connectivity index (χ3n) is 17.0. The summed E-state index contributed by atoms with van der Waals surface area (Å²) < 4.78 is 21.7. The maximum atomic E-state index is 14.1. The van der Waals surface area contributed by atoms with Gasteiger partial charge in [0.15, 0.2) is 11.6 Å². The van der Waals surface area contributed by atoms with E-state index in [4.69, 9.17) is 29.7 Å². The van der Waals surface area contributed by atoms with Gasteiger partial charge in [0.05, 0.1) is 69.3 Å². The van der Waals surface area contributed by atoms with Gasteiger partial charge >= 0.3 is 0 Å². The van der Waals surface area contributed by atoms with Crippen LogP contribution in [0.5, 0.6) is 11.5 Å². The summed E-state index contributed by atoms with van der Waals surface area (Å²) in [4.78, 5) is 39.0. The van der Waals surface area contributed by atoms with Crippen LogP contribution in [0, 0.1) is 90.6 Å². The van der Waals surface area contributed by atoms with Crippen molar-refractivity contribution in [3.8, 4) is 120 Å². The number of anilines is 2. The first kappa shape index (κ1) is 57.8. The molecule has 0 atom stereocenters. The van der Waals surface area contributed by atoms with Crippen LogP contribution in [0.1, 0.15) is 114 Å². The Bertz CT molecular complexity index is 5270. The predicted molar refractivity (Wildman–Crippen MR) is 356 cm³/mol. The van der Waals surface area contributed by atoms with Crippen molar-refractivity contribution in [1.29, 1.82) is 42.1 Å². The van der Waals surface area contributed by atoms with Crippen LogP contribution in [-0.4, -0.2) is 34.5 Å². The summed E-state index contributed by atoms with van der Waals surface area (Å²) in [5, 5.41) is 79.2. The number of benzene rings is 3. The Labute approximate surface area is 546 Å². The number of hydrogen-bond acceptors (Lipinski definition) is 23. The summed E-state index contributed by atoms with van der Waals surface area (Å²) >= 11 is 10.3. The molecule has 14 rings (SSSR count). The van der Waals surface area contributed by atoms with Crippen molar-refractivity contribution < 1.29 is 19.1 Å². The summed E-state index contributed by atoms with van der Waals surface area (Å²) in [6, 6.07) is 33.3. The highest BCUT2D eigenvalue weighted by molar-refractivity contribution is 7.29. The van der Waals surface area contributed by atoms with E-state index in [9.17, 15) is 51.7 Å². The largest absolute Gasteiger partial charge is 0.495 e. The van der Waals surface area contributed by atoms with Gasteiger partial charge in [-0.25, -0.2) is 0 Å². The number of carbonyl (C=O) groups excluding carboxylic acids is 2. The van der Waals surface area contributed by atoms with E-state index in [2.05, 4.69) is 52.0 Å². The molecule has 4 aliphatic carbocycles. The van der Waals surface area contributed by atoms with Gasteiger partial charge in [0.2, 0.25) is 0 Å². The normalized spacial score (nSPS) is 14.9. The minimum atomic E-state index is -0.476. The Morgan fingerprint density at radius 1 is 0.451 bits per heavy atom. The third-order valence-corrected chi connectivity index (χ3v) is 24.9. The highest BCUT2D eigenvalue weighted by Gasteiger charge is 2.44. The van der Waals surface area contributed by atoms with Crippen molar-refractivity contribution in [1.82, 2.24) is 8.75 Å². The number of rotatable bonds is 8. The number of nitrogen functional groups attached to an aromatic ring is 2. The van der Waals surface area contributed by atoms with Crippen molar-refractivity contribution in [2.75, 3.05) is 25.7 Å². The lowest BCUT2D eigenvalue weighted by atomic mass is 9.83. The molecule has 0 bridgehead atoms. The lowest BCUT2D eigenvalue weighted by Crippen LogP contribution is -2.13. The van der Waals surface area contributed by atoms with E-state index in [1.54, 1.807) is 71.7 Å². The molecular weight excluding hydrogens is 1270 g/mol. The maximum absolute atomic E-state index is 14.1. The lowest BCUT2D eigenvalue weighted by Gasteiger charge is -2.19. The average molecular weight is 1310 g/mol. The first-order valence-electron chi connectivity index (χ1n) is 27.2. The van der Waals surface area contributed by atoms with E-state index in [-0.39, 0.29) is 77.9 Å². The summed E-state index contributed by atoms with van der Waals surface area (Å²) in [6.07, 6.45) is 3.25. The number of nitrogens with zero attached hydrogens (tertiary/aromatic N) is 10. The Balaban J connectivity index is 0.791. The summed E-state index contributed by atoms with van der Waals surface area (Å²) in [5.41, 5.74) is 22.2. The highest BCUT2D eigenvalue weighted by Crippen LogP contribution is 2.63. The van der Waals surface area contributed by atoms with Gasteiger partial charge < -0.3 is 20.9 Å². The number of fused-ring (bicyclic) bond motifs is 9. The monoisotopic (exact) mass is 1310 g/mol. The topological polar surface area (TPSA) is 321 Å². The van der Waals surface area contributed by atoms with Gasteiger partial charge in [0, 0.05) is 104 Å². The molecule has 7 heterocycles. The SMILES string of the molecule is COc1cc(/C=C2\C(=O)c3cc(C#N)c(C#N)cc3C2=C(C#N)C#N)sc1-c1cc2c(s1)-c1sc(-c3c(N)c(N)c(-c4cc5c(s4)-c4sc(-c6sc(/C=C7\C(=O)c8cc(C#N)c(C#N)cc8C7=C(C#N)C#N)cc6OC)cc4C5(C)C)c4nsnc34)cc1C2(C)C. The molecule has 0 unspecified atom stereocenters. The molecule has 3 aromatic carbocycles. The summed E-state index contributed by atoms with van der Waals surface area (Å²) in [7, 11) is 3.14. The zero-order valence-corrected chi connectivity index (χ0v) is 53.8. The van der Waals surface area contributed by atoms with E-state index < -0.39 is 22.4 Å². The Morgan fingerprint density at radius 2 is 0.769 bits per heavy atom. The number of carbonyl (C=O) groups is 2. The van der Waals surface area contributed by atoms with Crippen LogP contribution in [0.4, 0.5) is 11.4 Å². The number of hydrogen-bond donors (Lipinski definition) is 2. The zero-order chi connectivity index (χ0) is 64.0. The molecule has 432 valence electrons. The number of thiophene rings is 6. The molecule has 0 saturated heterocycles. The van der Waals surface area contributed by atoms with Crippen LogP contribution < -0.4 is 20.9 Å². The first-order valence-corrected chi connectivity index (χ1v) is 32.8. The number of methoxy groups -OCH3 is 2. The van der Waals surface area contributed by atoms with Gasteiger partial charge in [-0.2, -0.15) is 50.8 Å². The minimum absolute atomic E-state index is 0.0138. The van der Waals surface area contributed by atoms with Gasteiger partial charge in [-0.1, -0.05) is 27.7 Å². The molecule has 4 aliphatic rings. The molecule has 0 aliphatic heterocycles. The molecule has 0 saturated carbocycles. The van der Waals surface area contributed by atoms with Crippen molar-refractivity contribution >= 4 is 137 Å². The van der Waals surface area contributed by atoms with Gasteiger partial charge in [-0.15, -0.1) is 68.0 Å². The van der Waals surface area contributed by atoms with Crippen LogP contribution in [0.15, 0.2) is 83.0 Å². The van der Waals surface area contributed by atoms with E-state index >= 15 is 0 Å². The molecule has 0 spiro atoms. The van der Waals surface area contributed by atoms with Crippen LogP contribution in [0.2, 0.25) is 0 Å². The van der Waals surface area contributed by atoms with Gasteiger partial charge in [-0.05, 0) is 106 Å². The smallest absolute Gasteiger partial charge is 0.194 e. The number of ether oxygens (including phenoxy) is 2. The molecule has 0 fully saturated rings.